The lowest BCUT2D eigenvalue weighted by atomic mass is 9.68. The Labute approximate surface area is 174 Å². The first kappa shape index (κ1) is 22.4. The maximum Gasteiger partial charge on any atom is 0.251 e. The van der Waals surface area contributed by atoms with Crippen molar-refractivity contribution in [2.24, 2.45) is 17.8 Å². The molecule has 0 amide bonds. The largest absolute Gasteiger partial charge is 0.364 e. The summed E-state index contributed by atoms with van der Waals surface area (Å²) in [5.74, 6) is -2.98. The van der Waals surface area contributed by atoms with Gasteiger partial charge in [0, 0.05) is 17.9 Å². The van der Waals surface area contributed by atoms with Crippen molar-refractivity contribution in [2.75, 3.05) is 0 Å². The van der Waals surface area contributed by atoms with Crippen LogP contribution in [0.2, 0.25) is 0 Å². The van der Waals surface area contributed by atoms with Crippen molar-refractivity contribution < 1.29 is 18.6 Å². The summed E-state index contributed by atoms with van der Waals surface area (Å²) >= 11 is 0. The van der Waals surface area contributed by atoms with Gasteiger partial charge in [-0.05, 0) is 69.3 Å². The van der Waals surface area contributed by atoms with Gasteiger partial charge in [0.15, 0.2) is 6.29 Å². The summed E-state index contributed by atoms with van der Waals surface area (Å²) in [4.78, 5) is 0. The maximum absolute atomic E-state index is 14.7. The molecule has 1 aromatic carbocycles. The molecule has 1 N–H and O–H groups in total. The van der Waals surface area contributed by atoms with E-state index in [-0.39, 0.29) is 24.4 Å². The van der Waals surface area contributed by atoms with Crippen LogP contribution in [0.3, 0.4) is 0 Å². The average molecular weight is 407 g/mol. The third-order valence-electron chi connectivity index (χ3n) is 6.80. The van der Waals surface area contributed by atoms with Crippen molar-refractivity contribution in [3.63, 3.8) is 0 Å². The second-order valence-corrected chi connectivity index (χ2v) is 8.95. The van der Waals surface area contributed by atoms with Gasteiger partial charge in [0.05, 0.1) is 6.10 Å². The van der Waals surface area contributed by atoms with E-state index in [1.165, 1.54) is 5.56 Å². The van der Waals surface area contributed by atoms with Crippen LogP contribution in [0.15, 0.2) is 36.4 Å². The third kappa shape index (κ3) is 5.88. The third-order valence-corrected chi connectivity index (χ3v) is 6.80. The minimum Gasteiger partial charge on any atom is -0.364 e. The number of aryl methyl sites for hydroxylation is 1. The number of hydrogen-bond acceptors (Lipinski definition) is 2. The molecule has 0 heterocycles. The highest BCUT2D eigenvalue weighted by Gasteiger charge is 2.48. The summed E-state index contributed by atoms with van der Waals surface area (Å²) in [6, 6.07) is 7.92. The predicted octanol–water partition coefficient (Wildman–Crippen LogP) is 6.83. The Morgan fingerprint density at radius 3 is 2.38 bits per heavy atom. The number of aliphatic hydroxyl groups excluding tert-OH is 1. The van der Waals surface area contributed by atoms with Gasteiger partial charge in [-0.15, -0.1) is 0 Å². The molecule has 162 valence electrons. The Kier molecular flexibility index (Phi) is 7.86. The van der Waals surface area contributed by atoms with Gasteiger partial charge in [-0.1, -0.05) is 49.8 Å². The first-order valence-corrected chi connectivity index (χ1v) is 11.4. The molecule has 2 aliphatic rings. The van der Waals surface area contributed by atoms with Gasteiger partial charge in [0.1, 0.15) is 0 Å². The highest BCUT2D eigenvalue weighted by Crippen LogP contribution is 2.49. The lowest BCUT2D eigenvalue weighted by Gasteiger charge is -2.42. The first-order valence-electron chi connectivity index (χ1n) is 11.4. The number of benzene rings is 1. The van der Waals surface area contributed by atoms with Gasteiger partial charge in [0.25, 0.3) is 5.92 Å². The molecule has 0 saturated heterocycles. The van der Waals surface area contributed by atoms with Crippen molar-refractivity contribution in [1.82, 2.24) is 0 Å². The Morgan fingerprint density at radius 2 is 1.79 bits per heavy atom. The molecular weight excluding hydrogens is 370 g/mol. The molecule has 2 aliphatic carbocycles. The standard InChI is InChI=1S/C25H36F2O2/c1-3-5-18-7-10-21(11-8-18)24(28)29-22-14-12-20(13-15-22)23-16-9-19(6-4-2)17-25(23,26)27/h4,6-8,10-11,19-20,22-24,28H,3,5,9,12-17H2,1-2H3/b6-4+. The fourth-order valence-electron chi connectivity index (χ4n) is 5.25. The van der Waals surface area contributed by atoms with Gasteiger partial charge in [0.2, 0.25) is 0 Å². The molecule has 1 aromatic rings. The molecule has 3 atom stereocenters. The van der Waals surface area contributed by atoms with E-state index >= 15 is 0 Å². The number of hydrogen-bond donors (Lipinski definition) is 1. The van der Waals surface area contributed by atoms with Crippen molar-refractivity contribution in [3.05, 3.63) is 47.5 Å². The Bertz CT molecular complexity index is 647. The molecule has 0 spiro atoms. The van der Waals surface area contributed by atoms with Gasteiger partial charge >= 0.3 is 0 Å². The minimum absolute atomic E-state index is 0.00875. The van der Waals surface area contributed by atoms with Crippen molar-refractivity contribution in [2.45, 2.75) is 90.0 Å². The van der Waals surface area contributed by atoms with Gasteiger partial charge in [-0.2, -0.15) is 0 Å². The van der Waals surface area contributed by atoms with E-state index < -0.39 is 18.1 Å². The fourth-order valence-corrected chi connectivity index (χ4v) is 5.25. The molecule has 2 saturated carbocycles. The Balaban J connectivity index is 1.49. The summed E-state index contributed by atoms with van der Waals surface area (Å²) < 4.78 is 35.3. The summed E-state index contributed by atoms with van der Waals surface area (Å²) in [5, 5.41) is 10.4. The van der Waals surface area contributed by atoms with E-state index in [1.807, 2.05) is 43.3 Å². The lowest BCUT2D eigenvalue weighted by molar-refractivity contribution is -0.162. The normalized spacial score (nSPS) is 31.1. The number of halogens is 2. The van der Waals surface area contributed by atoms with Crippen molar-refractivity contribution in [1.29, 1.82) is 0 Å². The van der Waals surface area contributed by atoms with Crippen molar-refractivity contribution >= 4 is 0 Å². The second-order valence-electron chi connectivity index (χ2n) is 8.95. The average Bonchev–Trinajstić information content (AvgIpc) is 2.69. The summed E-state index contributed by atoms with van der Waals surface area (Å²) in [6.07, 6.45) is 9.47. The zero-order chi connectivity index (χ0) is 20.9. The van der Waals surface area contributed by atoms with E-state index in [2.05, 4.69) is 6.92 Å². The molecular formula is C25H36F2O2. The number of ether oxygens (including phenoxy) is 1. The summed E-state index contributed by atoms with van der Waals surface area (Å²) in [5.41, 5.74) is 2.02. The van der Waals surface area contributed by atoms with Gasteiger partial charge in [-0.25, -0.2) is 8.78 Å². The number of allylic oxidation sites excluding steroid dienone is 2. The van der Waals surface area contributed by atoms with E-state index in [9.17, 15) is 13.9 Å². The molecule has 2 nitrogen and oxygen atoms in total. The van der Waals surface area contributed by atoms with Crippen LogP contribution in [0, 0.1) is 17.8 Å². The van der Waals surface area contributed by atoms with Crippen LogP contribution in [-0.4, -0.2) is 17.1 Å². The zero-order valence-electron chi connectivity index (χ0n) is 17.8. The molecule has 3 unspecified atom stereocenters. The molecule has 0 aliphatic heterocycles. The SMILES string of the molecule is C/C=C/C1CCC(C2CCC(OC(O)c3ccc(CCC)cc3)CC2)C(F)(F)C1. The van der Waals surface area contributed by atoms with Crippen LogP contribution in [0.25, 0.3) is 0 Å². The quantitative estimate of drug-likeness (QED) is 0.397. The smallest absolute Gasteiger partial charge is 0.251 e. The van der Waals surface area contributed by atoms with Gasteiger partial charge in [-0.3, -0.25) is 0 Å². The minimum atomic E-state index is -2.57. The number of aliphatic hydroxyl groups is 1. The van der Waals surface area contributed by atoms with E-state index in [0.717, 1.165) is 50.5 Å². The van der Waals surface area contributed by atoms with Crippen LogP contribution in [0.1, 0.15) is 82.6 Å². The fraction of sp³-hybridized carbons (Fsp3) is 0.680. The zero-order valence-corrected chi connectivity index (χ0v) is 17.8. The van der Waals surface area contributed by atoms with Crippen molar-refractivity contribution in [3.8, 4) is 0 Å². The van der Waals surface area contributed by atoms with E-state index in [4.69, 9.17) is 4.74 Å². The van der Waals surface area contributed by atoms with Crippen LogP contribution < -0.4 is 0 Å². The summed E-state index contributed by atoms with van der Waals surface area (Å²) in [6.45, 7) is 4.05. The highest BCUT2D eigenvalue weighted by atomic mass is 19.3. The van der Waals surface area contributed by atoms with E-state index in [0.29, 0.717) is 6.42 Å². The molecule has 2 fully saturated rings. The number of alkyl halides is 2. The predicted molar refractivity (Wildman–Crippen MR) is 113 cm³/mol. The Morgan fingerprint density at radius 1 is 1.10 bits per heavy atom. The molecule has 29 heavy (non-hydrogen) atoms. The maximum atomic E-state index is 14.7. The lowest BCUT2D eigenvalue weighted by Crippen LogP contribution is -2.41. The van der Waals surface area contributed by atoms with Crippen LogP contribution in [0.5, 0.6) is 0 Å². The second kappa shape index (κ2) is 10.2. The molecule has 0 bridgehead atoms. The number of rotatable bonds is 7. The topological polar surface area (TPSA) is 29.5 Å². The van der Waals surface area contributed by atoms with E-state index in [1.54, 1.807) is 0 Å². The molecule has 4 heteroatoms. The summed E-state index contributed by atoms with van der Waals surface area (Å²) in [7, 11) is 0. The van der Waals surface area contributed by atoms with Crippen LogP contribution in [-0.2, 0) is 11.2 Å². The highest BCUT2D eigenvalue weighted by molar-refractivity contribution is 5.23. The first-order chi connectivity index (χ1) is 13.9. The Hall–Kier alpha value is -1.26. The monoisotopic (exact) mass is 406 g/mol. The van der Waals surface area contributed by atoms with Gasteiger partial charge < -0.3 is 9.84 Å². The molecule has 0 aromatic heterocycles. The van der Waals surface area contributed by atoms with Crippen LogP contribution >= 0.6 is 0 Å². The van der Waals surface area contributed by atoms with Crippen LogP contribution in [0.4, 0.5) is 8.78 Å². The molecule has 3 rings (SSSR count). The molecule has 0 radical (unpaired) electrons.